The van der Waals surface area contributed by atoms with E-state index in [1.54, 1.807) is 30.3 Å². The lowest BCUT2D eigenvalue weighted by atomic mass is 10.0. The molecule has 0 saturated heterocycles. The number of nitrogens with one attached hydrogen (secondary N) is 1. The molecule has 0 bridgehead atoms. The molecule has 1 unspecified atom stereocenters. The highest BCUT2D eigenvalue weighted by Gasteiger charge is 2.31. The quantitative estimate of drug-likeness (QED) is 0.257. The van der Waals surface area contributed by atoms with Crippen LogP contribution in [0.4, 0.5) is 10.1 Å². The molecule has 42 heavy (non-hydrogen) atoms. The Bertz CT molecular complexity index is 1410. The molecule has 1 N–H and O–H groups in total. The Morgan fingerprint density at radius 3 is 2.14 bits per heavy atom. The van der Waals surface area contributed by atoms with Gasteiger partial charge in [0.1, 0.15) is 11.9 Å². The van der Waals surface area contributed by atoms with Crippen LogP contribution in [0.2, 0.25) is 0 Å². The van der Waals surface area contributed by atoms with E-state index in [2.05, 4.69) is 5.32 Å². The molecule has 3 aromatic carbocycles. The highest BCUT2D eigenvalue weighted by Crippen LogP contribution is 2.21. The molecule has 0 fully saturated rings. The first kappa shape index (κ1) is 32.8. The van der Waals surface area contributed by atoms with Crippen LogP contribution in [0.1, 0.15) is 50.3 Å². The van der Waals surface area contributed by atoms with E-state index in [9.17, 15) is 22.4 Å². The van der Waals surface area contributed by atoms with Gasteiger partial charge in [0.05, 0.1) is 11.9 Å². The average Bonchev–Trinajstić information content (AvgIpc) is 2.96. The summed E-state index contributed by atoms with van der Waals surface area (Å²) in [5.74, 6) is -0.926. The fraction of sp³-hybridized carbons (Fsp3) is 0.394. The summed E-state index contributed by atoms with van der Waals surface area (Å²) in [5, 5.41) is 2.95. The number of benzene rings is 3. The van der Waals surface area contributed by atoms with E-state index >= 15 is 0 Å². The third-order valence-electron chi connectivity index (χ3n) is 7.04. The van der Waals surface area contributed by atoms with E-state index in [0.717, 1.165) is 23.8 Å². The maximum Gasteiger partial charge on any atom is 0.243 e. The summed E-state index contributed by atoms with van der Waals surface area (Å²) < 4.78 is 41.3. The Labute approximate surface area is 249 Å². The van der Waals surface area contributed by atoms with Crippen LogP contribution in [0, 0.1) is 11.7 Å². The van der Waals surface area contributed by atoms with E-state index < -0.39 is 21.9 Å². The number of amides is 2. The Hall–Kier alpha value is -3.72. The van der Waals surface area contributed by atoms with Crippen molar-refractivity contribution in [1.29, 1.82) is 0 Å². The molecule has 226 valence electrons. The lowest BCUT2D eigenvalue weighted by Gasteiger charge is -2.32. The summed E-state index contributed by atoms with van der Waals surface area (Å²) in [6, 6.07) is 22.0. The number of anilines is 1. The van der Waals surface area contributed by atoms with Gasteiger partial charge in [-0.15, -0.1) is 0 Å². The summed E-state index contributed by atoms with van der Waals surface area (Å²) >= 11 is 0. The molecule has 9 heteroatoms. The number of halogens is 1. The second kappa shape index (κ2) is 15.5. The van der Waals surface area contributed by atoms with Gasteiger partial charge in [0.15, 0.2) is 0 Å². The molecule has 7 nitrogen and oxygen atoms in total. The fourth-order valence-electron chi connectivity index (χ4n) is 4.69. The van der Waals surface area contributed by atoms with Crippen molar-refractivity contribution in [2.75, 3.05) is 23.7 Å². The summed E-state index contributed by atoms with van der Waals surface area (Å²) in [4.78, 5) is 28.8. The van der Waals surface area contributed by atoms with Crippen LogP contribution < -0.4 is 9.62 Å². The van der Waals surface area contributed by atoms with E-state index in [1.807, 2.05) is 63.2 Å². The third-order valence-corrected chi connectivity index (χ3v) is 8.23. The predicted octanol–water partition coefficient (Wildman–Crippen LogP) is 5.35. The van der Waals surface area contributed by atoms with Crippen LogP contribution in [0.3, 0.4) is 0 Å². The Balaban J connectivity index is 1.88. The lowest BCUT2D eigenvalue weighted by molar-refractivity contribution is -0.141. The molecule has 0 spiro atoms. The van der Waals surface area contributed by atoms with Gasteiger partial charge in [-0.2, -0.15) is 0 Å². The van der Waals surface area contributed by atoms with Gasteiger partial charge in [-0.1, -0.05) is 81.4 Å². The molecular formula is C33H42FN3O4S. The van der Waals surface area contributed by atoms with Gasteiger partial charge < -0.3 is 10.2 Å². The van der Waals surface area contributed by atoms with Crippen LogP contribution in [-0.2, 0) is 39.0 Å². The Kier molecular flexibility index (Phi) is 12.1. The topological polar surface area (TPSA) is 86.8 Å². The number of carbonyl (C=O) groups excluding carboxylic acids is 2. The van der Waals surface area contributed by atoms with Crippen molar-refractivity contribution in [2.24, 2.45) is 5.92 Å². The van der Waals surface area contributed by atoms with Crippen molar-refractivity contribution >= 4 is 27.5 Å². The minimum atomic E-state index is -3.60. The van der Waals surface area contributed by atoms with E-state index in [1.165, 1.54) is 15.3 Å². The standard InChI is InChI=1S/C33H42FN3O4S/c1-5-26-17-19-29(20-18-26)37(42(4,40)41)21-11-16-32(38)36(24-28-14-9-10-15-30(28)34)31(33(39)35-23-25(2)3)22-27-12-7-6-8-13-27/h6-10,12-15,17-20,25,31H,5,11,16,21-24H2,1-4H3,(H,35,39). The van der Waals surface area contributed by atoms with Crippen molar-refractivity contribution in [3.05, 3.63) is 101 Å². The van der Waals surface area contributed by atoms with Crippen LogP contribution in [0.25, 0.3) is 0 Å². The second-order valence-electron chi connectivity index (χ2n) is 10.9. The normalized spacial score (nSPS) is 12.1. The minimum absolute atomic E-state index is 0.0176. The highest BCUT2D eigenvalue weighted by atomic mass is 32.2. The molecule has 0 saturated carbocycles. The summed E-state index contributed by atoms with van der Waals surface area (Å²) in [7, 11) is -3.60. The van der Waals surface area contributed by atoms with Crippen molar-refractivity contribution in [1.82, 2.24) is 10.2 Å². The Morgan fingerprint density at radius 2 is 1.55 bits per heavy atom. The zero-order chi connectivity index (χ0) is 30.7. The van der Waals surface area contributed by atoms with Crippen LogP contribution in [0.5, 0.6) is 0 Å². The van der Waals surface area contributed by atoms with Gasteiger partial charge in [0.25, 0.3) is 0 Å². The molecule has 0 heterocycles. The van der Waals surface area contributed by atoms with Crippen molar-refractivity contribution in [2.45, 2.75) is 59.0 Å². The Morgan fingerprint density at radius 1 is 0.905 bits per heavy atom. The molecule has 3 aromatic rings. The second-order valence-corrected chi connectivity index (χ2v) is 12.8. The molecule has 0 aromatic heterocycles. The monoisotopic (exact) mass is 595 g/mol. The van der Waals surface area contributed by atoms with Crippen LogP contribution >= 0.6 is 0 Å². The lowest BCUT2D eigenvalue weighted by Crippen LogP contribution is -2.51. The molecular weight excluding hydrogens is 553 g/mol. The average molecular weight is 596 g/mol. The van der Waals surface area contributed by atoms with Gasteiger partial charge in [-0.05, 0) is 48.1 Å². The number of rotatable bonds is 15. The first-order chi connectivity index (χ1) is 20.0. The van der Waals surface area contributed by atoms with E-state index in [4.69, 9.17) is 0 Å². The zero-order valence-corrected chi connectivity index (χ0v) is 25.7. The van der Waals surface area contributed by atoms with Gasteiger partial charge in [0.2, 0.25) is 21.8 Å². The first-order valence-electron chi connectivity index (χ1n) is 14.4. The number of nitrogens with zero attached hydrogens (tertiary/aromatic N) is 2. The highest BCUT2D eigenvalue weighted by molar-refractivity contribution is 7.92. The maximum absolute atomic E-state index is 14.8. The van der Waals surface area contributed by atoms with Crippen LogP contribution in [0.15, 0.2) is 78.9 Å². The first-order valence-corrected chi connectivity index (χ1v) is 16.3. The smallest absolute Gasteiger partial charge is 0.243 e. The van der Waals surface area contributed by atoms with Crippen LogP contribution in [-0.4, -0.2) is 50.5 Å². The zero-order valence-electron chi connectivity index (χ0n) is 24.9. The van der Waals surface area contributed by atoms with Gasteiger partial charge in [-0.25, -0.2) is 12.8 Å². The van der Waals surface area contributed by atoms with Gasteiger partial charge in [0, 0.05) is 38.0 Å². The molecule has 3 rings (SSSR count). The molecule has 2 amide bonds. The van der Waals surface area contributed by atoms with E-state index in [0.29, 0.717) is 17.8 Å². The predicted molar refractivity (Wildman–Crippen MR) is 166 cm³/mol. The molecule has 1 atom stereocenters. The summed E-state index contributed by atoms with van der Waals surface area (Å²) in [5.41, 5.74) is 2.79. The van der Waals surface area contributed by atoms with Gasteiger partial charge >= 0.3 is 0 Å². The largest absolute Gasteiger partial charge is 0.354 e. The minimum Gasteiger partial charge on any atom is -0.354 e. The number of hydrogen-bond donors (Lipinski definition) is 1. The van der Waals surface area contributed by atoms with Gasteiger partial charge in [-0.3, -0.25) is 13.9 Å². The molecule has 0 aliphatic heterocycles. The number of aryl methyl sites for hydroxylation is 1. The van der Waals surface area contributed by atoms with Crippen molar-refractivity contribution in [3.63, 3.8) is 0 Å². The molecule has 0 aliphatic rings. The number of carbonyl (C=O) groups is 2. The number of hydrogen-bond acceptors (Lipinski definition) is 4. The van der Waals surface area contributed by atoms with E-state index in [-0.39, 0.29) is 50.1 Å². The molecule has 0 aliphatic carbocycles. The SMILES string of the molecule is CCc1ccc(N(CCCC(=O)N(Cc2ccccc2F)C(Cc2ccccc2)C(=O)NCC(C)C)S(C)(=O)=O)cc1. The molecule has 0 radical (unpaired) electrons. The summed E-state index contributed by atoms with van der Waals surface area (Å²) in [6.07, 6.45) is 2.43. The number of sulfonamides is 1. The fourth-order valence-corrected chi connectivity index (χ4v) is 5.65. The summed E-state index contributed by atoms with van der Waals surface area (Å²) in [6.45, 7) is 6.43. The third kappa shape index (κ3) is 9.69. The van der Waals surface area contributed by atoms with Crippen molar-refractivity contribution < 1.29 is 22.4 Å². The maximum atomic E-state index is 14.8. The van der Waals surface area contributed by atoms with Crippen molar-refractivity contribution in [3.8, 4) is 0 Å².